The Bertz CT molecular complexity index is 1090. The number of rotatable bonds is 14. The van der Waals surface area contributed by atoms with E-state index in [1.54, 1.807) is 11.0 Å². The second kappa shape index (κ2) is 14.0. The van der Waals surface area contributed by atoms with Gasteiger partial charge in [-0.3, -0.25) is 13.9 Å². The third kappa shape index (κ3) is 8.93. The number of carbonyl (C=O) groups is 2. The summed E-state index contributed by atoms with van der Waals surface area (Å²) in [6.45, 7) is 6.70. The van der Waals surface area contributed by atoms with Crippen molar-refractivity contribution in [1.82, 2.24) is 10.2 Å². The summed E-state index contributed by atoms with van der Waals surface area (Å²) in [7, 11) is -3.75. The lowest BCUT2D eigenvalue weighted by Gasteiger charge is -2.31. The first-order chi connectivity index (χ1) is 17.0. The second-order valence-corrected chi connectivity index (χ2v) is 11.2. The molecule has 0 fully saturated rings. The van der Waals surface area contributed by atoms with Crippen LogP contribution in [0.4, 0.5) is 10.1 Å². The normalized spacial score (nSPS) is 12.3. The van der Waals surface area contributed by atoms with Crippen molar-refractivity contribution in [3.63, 3.8) is 0 Å². The number of nitrogens with one attached hydrogen (secondary N) is 1. The van der Waals surface area contributed by atoms with Crippen LogP contribution in [0.15, 0.2) is 54.6 Å². The van der Waals surface area contributed by atoms with Crippen LogP contribution >= 0.6 is 0 Å². The van der Waals surface area contributed by atoms with E-state index in [1.165, 1.54) is 18.2 Å². The van der Waals surface area contributed by atoms with Crippen molar-refractivity contribution in [1.29, 1.82) is 0 Å². The van der Waals surface area contributed by atoms with Gasteiger partial charge in [0.1, 0.15) is 11.9 Å². The molecule has 1 N–H and O–H groups in total. The van der Waals surface area contributed by atoms with E-state index in [9.17, 15) is 22.4 Å². The molecule has 2 rings (SSSR count). The molecule has 1 atom stereocenters. The van der Waals surface area contributed by atoms with Gasteiger partial charge in [-0.25, -0.2) is 12.8 Å². The standard InChI is InChI=1S/C27H38FN3O4S/c1-5-24(27(33)29-20-21(2)3)30(19-17-22-12-7-6-8-13-22)26(32)16-11-18-31(36(4,34)35)25-15-10-9-14-23(25)28/h6-10,12-15,21,24H,5,11,16-20H2,1-4H3,(H,29,33)/t24-/m0/s1. The smallest absolute Gasteiger partial charge is 0.242 e. The molecule has 0 aliphatic carbocycles. The van der Waals surface area contributed by atoms with Gasteiger partial charge in [0, 0.05) is 26.1 Å². The summed E-state index contributed by atoms with van der Waals surface area (Å²) >= 11 is 0. The molecule has 0 radical (unpaired) electrons. The van der Waals surface area contributed by atoms with Gasteiger partial charge in [-0.05, 0) is 42.9 Å². The average molecular weight is 520 g/mol. The van der Waals surface area contributed by atoms with E-state index in [0.717, 1.165) is 16.1 Å². The van der Waals surface area contributed by atoms with Crippen molar-refractivity contribution in [3.8, 4) is 0 Å². The number of amides is 2. The third-order valence-electron chi connectivity index (χ3n) is 5.83. The van der Waals surface area contributed by atoms with Crippen LogP contribution in [-0.2, 0) is 26.0 Å². The summed E-state index contributed by atoms with van der Waals surface area (Å²) in [6, 6.07) is 14.7. The summed E-state index contributed by atoms with van der Waals surface area (Å²) in [5.41, 5.74) is 1.00. The molecule has 0 saturated heterocycles. The van der Waals surface area contributed by atoms with E-state index in [0.29, 0.717) is 25.9 Å². The highest BCUT2D eigenvalue weighted by atomic mass is 32.2. The first kappa shape index (κ1) is 29.3. The van der Waals surface area contributed by atoms with Crippen molar-refractivity contribution in [3.05, 3.63) is 66.0 Å². The Morgan fingerprint density at radius 2 is 1.64 bits per heavy atom. The summed E-state index contributed by atoms with van der Waals surface area (Å²) in [5.74, 6) is -0.803. The molecule has 2 aromatic rings. The fourth-order valence-electron chi connectivity index (χ4n) is 3.95. The van der Waals surface area contributed by atoms with Gasteiger partial charge in [0.25, 0.3) is 0 Å². The van der Waals surface area contributed by atoms with Crippen LogP contribution in [0.5, 0.6) is 0 Å². The Morgan fingerprint density at radius 1 is 1.00 bits per heavy atom. The molecule has 0 unspecified atom stereocenters. The number of hydrogen-bond donors (Lipinski definition) is 1. The Kier molecular flexibility index (Phi) is 11.4. The van der Waals surface area contributed by atoms with E-state index in [-0.39, 0.29) is 42.8 Å². The van der Waals surface area contributed by atoms with E-state index >= 15 is 0 Å². The number of sulfonamides is 1. The maximum absolute atomic E-state index is 14.3. The highest BCUT2D eigenvalue weighted by molar-refractivity contribution is 7.92. The summed E-state index contributed by atoms with van der Waals surface area (Å²) in [5, 5.41) is 2.93. The predicted octanol–water partition coefficient (Wildman–Crippen LogP) is 3.99. The van der Waals surface area contributed by atoms with Gasteiger partial charge in [0.15, 0.2) is 0 Å². The third-order valence-corrected chi connectivity index (χ3v) is 7.01. The molecule has 0 bridgehead atoms. The molecule has 0 aliphatic rings. The second-order valence-electron chi connectivity index (χ2n) is 9.28. The Labute approximate surface area is 214 Å². The Hall–Kier alpha value is -2.94. The van der Waals surface area contributed by atoms with Gasteiger partial charge in [-0.2, -0.15) is 0 Å². The first-order valence-electron chi connectivity index (χ1n) is 12.4. The lowest BCUT2D eigenvalue weighted by atomic mass is 10.1. The molecular formula is C27H38FN3O4S. The molecule has 0 saturated carbocycles. The molecule has 0 spiro atoms. The summed E-state index contributed by atoms with van der Waals surface area (Å²) in [4.78, 5) is 27.9. The SMILES string of the molecule is CC[C@@H](C(=O)NCC(C)C)N(CCc1ccccc1)C(=O)CCCN(c1ccccc1F)S(C)(=O)=O. The first-order valence-corrected chi connectivity index (χ1v) is 14.2. The molecule has 2 amide bonds. The van der Waals surface area contributed by atoms with Crippen molar-refractivity contribution in [2.75, 3.05) is 30.2 Å². The van der Waals surface area contributed by atoms with E-state index in [1.807, 2.05) is 51.1 Å². The maximum atomic E-state index is 14.3. The van der Waals surface area contributed by atoms with Gasteiger partial charge >= 0.3 is 0 Å². The van der Waals surface area contributed by atoms with Crippen molar-refractivity contribution in [2.24, 2.45) is 5.92 Å². The highest BCUT2D eigenvalue weighted by Gasteiger charge is 2.28. The molecule has 0 aliphatic heterocycles. The largest absolute Gasteiger partial charge is 0.354 e. The van der Waals surface area contributed by atoms with Crippen LogP contribution in [0.2, 0.25) is 0 Å². The molecule has 36 heavy (non-hydrogen) atoms. The Balaban J connectivity index is 2.16. The fourth-order valence-corrected chi connectivity index (χ4v) is 4.92. The zero-order valence-electron chi connectivity index (χ0n) is 21.6. The lowest BCUT2D eigenvalue weighted by Crippen LogP contribution is -2.50. The van der Waals surface area contributed by atoms with Gasteiger partial charge in [-0.15, -0.1) is 0 Å². The minimum atomic E-state index is -3.75. The molecular weight excluding hydrogens is 481 g/mol. The number of hydrogen-bond acceptors (Lipinski definition) is 4. The number of carbonyl (C=O) groups excluding carboxylic acids is 2. The van der Waals surface area contributed by atoms with E-state index < -0.39 is 21.9 Å². The minimum absolute atomic E-state index is 0.0310. The van der Waals surface area contributed by atoms with Crippen LogP contribution in [0.25, 0.3) is 0 Å². The molecule has 0 aromatic heterocycles. The van der Waals surface area contributed by atoms with Gasteiger partial charge < -0.3 is 10.2 Å². The zero-order valence-corrected chi connectivity index (χ0v) is 22.4. The molecule has 0 heterocycles. The van der Waals surface area contributed by atoms with Crippen LogP contribution in [-0.4, -0.2) is 57.1 Å². The van der Waals surface area contributed by atoms with Crippen molar-refractivity contribution in [2.45, 2.75) is 52.5 Å². The van der Waals surface area contributed by atoms with Crippen LogP contribution in [0.1, 0.15) is 45.6 Å². The number of nitrogens with zero attached hydrogens (tertiary/aromatic N) is 2. The predicted molar refractivity (Wildman–Crippen MR) is 142 cm³/mol. The van der Waals surface area contributed by atoms with Gasteiger partial charge in [-0.1, -0.05) is 63.2 Å². The van der Waals surface area contributed by atoms with E-state index in [4.69, 9.17) is 0 Å². The maximum Gasteiger partial charge on any atom is 0.242 e. The highest BCUT2D eigenvalue weighted by Crippen LogP contribution is 2.22. The minimum Gasteiger partial charge on any atom is -0.354 e. The quantitative estimate of drug-likeness (QED) is 0.409. The molecule has 198 valence electrons. The molecule has 2 aromatic carbocycles. The molecule has 7 nitrogen and oxygen atoms in total. The summed E-state index contributed by atoms with van der Waals surface area (Å²) < 4.78 is 39.9. The van der Waals surface area contributed by atoms with Crippen LogP contribution < -0.4 is 9.62 Å². The van der Waals surface area contributed by atoms with Crippen LogP contribution in [0, 0.1) is 11.7 Å². The van der Waals surface area contributed by atoms with Gasteiger partial charge in [0.05, 0.1) is 11.9 Å². The van der Waals surface area contributed by atoms with Crippen LogP contribution in [0.3, 0.4) is 0 Å². The lowest BCUT2D eigenvalue weighted by molar-refractivity contribution is -0.140. The zero-order chi connectivity index (χ0) is 26.7. The number of para-hydroxylation sites is 1. The Morgan fingerprint density at radius 3 is 2.22 bits per heavy atom. The van der Waals surface area contributed by atoms with Gasteiger partial charge in [0.2, 0.25) is 21.8 Å². The summed E-state index contributed by atoms with van der Waals surface area (Å²) in [6.07, 6.45) is 2.27. The number of halogens is 1. The fraction of sp³-hybridized carbons (Fsp3) is 0.481. The number of benzene rings is 2. The van der Waals surface area contributed by atoms with Crippen molar-refractivity contribution >= 4 is 27.5 Å². The topological polar surface area (TPSA) is 86.8 Å². The van der Waals surface area contributed by atoms with Crippen molar-refractivity contribution < 1.29 is 22.4 Å². The van der Waals surface area contributed by atoms with E-state index in [2.05, 4.69) is 5.32 Å². The number of anilines is 1. The molecule has 9 heteroatoms. The monoisotopic (exact) mass is 519 g/mol. The average Bonchev–Trinajstić information content (AvgIpc) is 2.83.